The minimum atomic E-state index is -1.85. The molecule has 14 heavy (non-hydrogen) atoms. The fourth-order valence-electron chi connectivity index (χ4n) is 1.43. The van der Waals surface area contributed by atoms with Crippen LogP contribution in [0.2, 0.25) is 0 Å². The molecule has 0 saturated heterocycles. The summed E-state index contributed by atoms with van der Waals surface area (Å²) in [6.45, 7) is 2.06. The smallest absolute Gasteiger partial charge is 0.231 e. The number of hydrogen-bond acceptors (Lipinski definition) is 3. The molecule has 0 aromatic heterocycles. The van der Waals surface area contributed by atoms with Gasteiger partial charge in [0.1, 0.15) is 0 Å². The fourth-order valence-corrected chi connectivity index (χ4v) is 2.04. The summed E-state index contributed by atoms with van der Waals surface area (Å²) in [5, 5.41) is 0. The molecule has 0 amide bonds. The van der Waals surface area contributed by atoms with E-state index in [0.717, 1.165) is 11.1 Å². The predicted molar refractivity (Wildman–Crippen MR) is 51.8 cm³/mol. The molecule has 4 nitrogen and oxygen atoms in total. The molecule has 76 valence electrons. The molecule has 0 aliphatic carbocycles. The Morgan fingerprint density at radius 2 is 2.29 bits per heavy atom. The Morgan fingerprint density at radius 3 is 3.00 bits per heavy atom. The average Bonchev–Trinajstić information content (AvgIpc) is 2.57. The first-order chi connectivity index (χ1) is 6.68. The quantitative estimate of drug-likeness (QED) is 0.757. The fraction of sp³-hybridized carbons (Fsp3) is 0.333. The SMILES string of the molecule is Cc1ccc2c(c1CS(=O)O)OCO2. The molecule has 1 heterocycles. The zero-order chi connectivity index (χ0) is 10.1. The lowest BCUT2D eigenvalue weighted by Crippen LogP contribution is -1.99. The van der Waals surface area contributed by atoms with E-state index >= 15 is 0 Å². The van der Waals surface area contributed by atoms with Crippen LogP contribution in [-0.2, 0) is 16.8 Å². The summed E-state index contributed by atoms with van der Waals surface area (Å²) in [7, 11) is 0. The summed E-state index contributed by atoms with van der Waals surface area (Å²) >= 11 is -1.85. The van der Waals surface area contributed by atoms with E-state index in [1.807, 2.05) is 19.1 Å². The van der Waals surface area contributed by atoms with Crippen LogP contribution < -0.4 is 9.47 Å². The third-order valence-corrected chi connectivity index (χ3v) is 2.68. The van der Waals surface area contributed by atoms with Gasteiger partial charge in [0.25, 0.3) is 0 Å². The molecule has 1 N–H and O–H groups in total. The highest BCUT2D eigenvalue weighted by Crippen LogP contribution is 2.37. The van der Waals surface area contributed by atoms with Crippen molar-refractivity contribution in [2.45, 2.75) is 12.7 Å². The number of fused-ring (bicyclic) bond motifs is 1. The number of ether oxygens (including phenoxy) is 2. The Balaban J connectivity index is 2.46. The summed E-state index contributed by atoms with van der Waals surface area (Å²) in [5.41, 5.74) is 1.69. The van der Waals surface area contributed by atoms with Crippen molar-refractivity contribution >= 4 is 11.1 Å². The third kappa shape index (κ3) is 1.60. The van der Waals surface area contributed by atoms with Gasteiger partial charge in [0.2, 0.25) is 6.79 Å². The van der Waals surface area contributed by atoms with Gasteiger partial charge in [0.15, 0.2) is 22.6 Å². The van der Waals surface area contributed by atoms with Crippen LogP contribution in [-0.4, -0.2) is 15.6 Å². The predicted octanol–water partition coefficient (Wildman–Crippen LogP) is 1.45. The summed E-state index contributed by atoms with van der Waals surface area (Å²) in [4.78, 5) is 0. The van der Waals surface area contributed by atoms with Crippen molar-refractivity contribution in [3.8, 4) is 11.5 Å². The maximum Gasteiger partial charge on any atom is 0.231 e. The van der Waals surface area contributed by atoms with Crippen LogP contribution in [0.1, 0.15) is 11.1 Å². The second-order valence-corrected chi connectivity index (χ2v) is 3.99. The number of aryl methyl sites for hydroxylation is 1. The highest BCUT2D eigenvalue weighted by atomic mass is 32.2. The Hall–Kier alpha value is -1.07. The molecule has 0 spiro atoms. The van der Waals surface area contributed by atoms with E-state index in [2.05, 4.69) is 0 Å². The van der Waals surface area contributed by atoms with Gasteiger partial charge in [-0.05, 0) is 18.6 Å². The number of rotatable bonds is 2. The second kappa shape index (κ2) is 3.59. The Kier molecular flexibility index (Phi) is 2.43. The van der Waals surface area contributed by atoms with Gasteiger partial charge >= 0.3 is 0 Å². The molecular weight excluding hydrogens is 204 g/mol. The molecule has 2 rings (SSSR count). The van der Waals surface area contributed by atoms with Crippen molar-refractivity contribution in [3.63, 3.8) is 0 Å². The zero-order valence-corrected chi connectivity index (χ0v) is 8.47. The van der Waals surface area contributed by atoms with Gasteiger partial charge in [-0.2, -0.15) is 0 Å². The molecule has 1 aromatic carbocycles. The van der Waals surface area contributed by atoms with Gasteiger partial charge in [-0.25, -0.2) is 4.21 Å². The van der Waals surface area contributed by atoms with Gasteiger partial charge in [-0.3, -0.25) is 0 Å². The van der Waals surface area contributed by atoms with E-state index in [0.29, 0.717) is 11.5 Å². The van der Waals surface area contributed by atoms with Crippen LogP contribution in [0, 0.1) is 6.92 Å². The number of hydrogen-bond donors (Lipinski definition) is 1. The van der Waals surface area contributed by atoms with Crippen molar-refractivity contribution in [2.24, 2.45) is 0 Å². The summed E-state index contributed by atoms with van der Waals surface area (Å²) in [5.74, 6) is 1.33. The van der Waals surface area contributed by atoms with Crippen LogP contribution in [0.25, 0.3) is 0 Å². The standard InChI is InChI=1S/C9H10O4S/c1-6-2-3-8-9(13-5-12-8)7(6)4-14(10)11/h2-3H,4-5H2,1H3,(H,10,11). The van der Waals surface area contributed by atoms with E-state index in [1.165, 1.54) is 0 Å². The van der Waals surface area contributed by atoms with Gasteiger partial charge in [-0.1, -0.05) is 6.07 Å². The first kappa shape index (κ1) is 9.48. The zero-order valence-electron chi connectivity index (χ0n) is 7.65. The van der Waals surface area contributed by atoms with Gasteiger partial charge in [0.05, 0.1) is 5.75 Å². The molecule has 1 aliphatic rings. The molecule has 0 radical (unpaired) electrons. The first-order valence-electron chi connectivity index (χ1n) is 4.14. The average molecular weight is 214 g/mol. The minimum absolute atomic E-state index is 0.0817. The van der Waals surface area contributed by atoms with Crippen LogP contribution in [0.4, 0.5) is 0 Å². The molecule has 1 aromatic rings. The second-order valence-electron chi connectivity index (χ2n) is 3.06. The normalized spacial score (nSPS) is 15.6. The highest BCUT2D eigenvalue weighted by molar-refractivity contribution is 7.78. The van der Waals surface area contributed by atoms with E-state index < -0.39 is 11.1 Å². The Bertz CT molecular complexity index is 389. The molecule has 0 fully saturated rings. The molecule has 0 bridgehead atoms. The molecule has 5 heteroatoms. The largest absolute Gasteiger partial charge is 0.454 e. The Morgan fingerprint density at radius 1 is 1.50 bits per heavy atom. The molecule has 1 aliphatic heterocycles. The van der Waals surface area contributed by atoms with E-state index in [1.54, 1.807) is 0 Å². The first-order valence-corrected chi connectivity index (χ1v) is 5.41. The summed E-state index contributed by atoms with van der Waals surface area (Å²) in [6.07, 6.45) is 0. The molecule has 1 atom stereocenters. The maximum absolute atomic E-state index is 10.7. The Labute approximate surface area is 84.1 Å². The lowest BCUT2D eigenvalue weighted by molar-refractivity contribution is 0.173. The maximum atomic E-state index is 10.7. The van der Waals surface area contributed by atoms with Crippen molar-refractivity contribution in [2.75, 3.05) is 6.79 Å². The lowest BCUT2D eigenvalue weighted by Gasteiger charge is -2.06. The van der Waals surface area contributed by atoms with Gasteiger partial charge in [0, 0.05) is 5.56 Å². The highest BCUT2D eigenvalue weighted by Gasteiger charge is 2.20. The topological polar surface area (TPSA) is 55.8 Å². The van der Waals surface area contributed by atoms with E-state index in [-0.39, 0.29) is 12.5 Å². The van der Waals surface area contributed by atoms with E-state index in [9.17, 15) is 4.21 Å². The third-order valence-electron chi connectivity index (χ3n) is 2.14. The van der Waals surface area contributed by atoms with Gasteiger partial charge in [-0.15, -0.1) is 0 Å². The van der Waals surface area contributed by atoms with Crippen molar-refractivity contribution in [1.82, 2.24) is 0 Å². The van der Waals surface area contributed by atoms with Gasteiger partial charge < -0.3 is 14.0 Å². The van der Waals surface area contributed by atoms with E-state index in [4.69, 9.17) is 14.0 Å². The summed E-state index contributed by atoms with van der Waals surface area (Å²) < 4.78 is 30.0. The van der Waals surface area contributed by atoms with Crippen LogP contribution in [0.3, 0.4) is 0 Å². The van der Waals surface area contributed by atoms with Crippen LogP contribution in [0.15, 0.2) is 12.1 Å². The van der Waals surface area contributed by atoms with Crippen LogP contribution in [0.5, 0.6) is 11.5 Å². The summed E-state index contributed by atoms with van der Waals surface area (Å²) in [6, 6.07) is 3.66. The van der Waals surface area contributed by atoms with Crippen molar-refractivity contribution in [3.05, 3.63) is 23.3 Å². The van der Waals surface area contributed by atoms with Crippen molar-refractivity contribution < 1.29 is 18.2 Å². The number of benzene rings is 1. The van der Waals surface area contributed by atoms with Crippen LogP contribution >= 0.6 is 0 Å². The minimum Gasteiger partial charge on any atom is -0.454 e. The molecule has 1 unspecified atom stereocenters. The monoisotopic (exact) mass is 214 g/mol. The molecular formula is C9H10O4S. The lowest BCUT2D eigenvalue weighted by atomic mass is 10.1. The van der Waals surface area contributed by atoms with Crippen molar-refractivity contribution in [1.29, 1.82) is 0 Å². The molecule has 0 saturated carbocycles.